The van der Waals surface area contributed by atoms with Crippen molar-refractivity contribution in [2.75, 3.05) is 5.32 Å². The Morgan fingerprint density at radius 3 is 2.63 bits per heavy atom. The third-order valence-corrected chi connectivity index (χ3v) is 3.41. The number of hydrogen-bond donors (Lipinski definition) is 2. The molecule has 0 atom stereocenters. The maximum Gasteiger partial charge on any atom is 0.146 e. The van der Waals surface area contributed by atoms with E-state index >= 15 is 0 Å². The lowest BCUT2D eigenvalue weighted by Gasteiger charge is -2.11. The van der Waals surface area contributed by atoms with Crippen LogP contribution in [0.25, 0.3) is 0 Å². The fourth-order valence-corrected chi connectivity index (χ4v) is 2.36. The molecule has 0 bridgehead atoms. The largest absolute Gasteiger partial charge is 0.389 e. The number of benzene rings is 2. The van der Waals surface area contributed by atoms with Gasteiger partial charge in [-0.15, -0.1) is 0 Å². The predicted molar refractivity (Wildman–Crippen MR) is 84.4 cm³/mol. The quantitative estimate of drug-likeness (QED) is 0.820. The SMILES string of the molecule is Cc1cc(Nc2cc(Br)ccc2F)ccc1C(N)=S. The number of nitrogens with one attached hydrogen (secondary N) is 1. The average molecular weight is 339 g/mol. The maximum absolute atomic E-state index is 13.6. The zero-order valence-electron chi connectivity index (χ0n) is 10.2. The molecule has 2 nitrogen and oxygen atoms in total. The Morgan fingerprint density at radius 1 is 1.26 bits per heavy atom. The number of aryl methyl sites for hydroxylation is 1. The number of thiocarbonyl (C=S) groups is 1. The third-order valence-electron chi connectivity index (χ3n) is 2.70. The van der Waals surface area contributed by atoms with Gasteiger partial charge in [0.05, 0.1) is 5.69 Å². The van der Waals surface area contributed by atoms with Gasteiger partial charge in [0.15, 0.2) is 0 Å². The summed E-state index contributed by atoms with van der Waals surface area (Å²) in [6, 6.07) is 10.3. The normalized spacial score (nSPS) is 10.3. The van der Waals surface area contributed by atoms with Crippen molar-refractivity contribution in [3.63, 3.8) is 0 Å². The lowest BCUT2D eigenvalue weighted by molar-refractivity contribution is 0.631. The van der Waals surface area contributed by atoms with Gasteiger partial charge in [0.1, 0.15) is 10.8 Å². The van der Waals surface area contributed by atoms with Gasteiger partial charge in [0.2, 0.25) is 0 Å². The van der Waals surface area contributed by atoms with E-state index in [0.717, 1.165) is 21.3 Å². The Labute approximate surface area is 124 Å². The second-order valence-electron chi connectivity index (χ2n) is 4.14. The molecule has 0 heterocycles. The summed E-state index contributed by atoms with van der Waals surface area (Å²) in [4.78, 5) is 0.359. The zero-order valence-corrected chi connectivity index (χ0v) is 12.6. The molecule has 0 fully saturated rings. The van der Waals surface area contributed by atoms with E-state index in [1.165, 1.54) is 6.07 Å². The van der Waals surface area contributed by atoms with Crippen molar-refractivity contribution < 1.29 is 4.39 Å². The van der Waals surface area contributed by atoms with E-state index in [-0.39, 0.29) is 5.82 Å². The fourth-order valence-electron chi connectivity index (χ4n) is 1.77. The fraction of sp³-hybridized carbons (Fsp3) is 0.0714. The Kier molecular flexibility index (Phi) is 4.17. The van der Waals surface area contributed by atoms with E-state index in [1.807, 2.05) is 25.1 Å². The van der Waals surface area contributed by atoms with E-state index in [0.29, 0.717) is 10.7 Å². The highest BCUT2D eigenvalue weighted by Gasteiger charge is 2.06. The lowest BCUT2D eigenvalue weighted by atomic mass is 10.1. The first-order chi connectivity index (χ1) is 8.97. The zero-order chi connectivity index (χ0) is 14.0. The Bertz CT molecular complexity index is 643. The van der Waals surface area contributed by atoms with Gasteiger partial charge >= 0.3 is 0 Å². The minimum absolute atomic E-state index is 0.306. The summed E-state index contributed by atoms with van der Waals surface area (Å²) in [6.07, 6.45) is 0. The Hall–Kier alpha value is -1.46. The first kappa shape index (κ1) is 14.0. The van der Waals surface area contributed by atoms with Gasteiger partial charge in [-0.05, 0) is 48.9 Å². The first-order valence-electron chi connectivity index (χ1n) is 5.60. The monoisotopic (exact) mass is 338 g/mol. The molecule has 0 unspecified atom stereocenters. The molecule has 0 amide bonds. The van der Waals surface area contributed by atoms with E-state index in [1.54, 1.807) is 12.1 Å². The van der Waals surface area contributed by atoms with Crippen molar-refractivity contribution in [3.05, 3.63) is 57.8 Å². The molecule has 0 aliphatic carbocycles. The summed E-state index contributed by atoms with van der Waals surface area (Å²) in [5.74, 6) is -0.306. The highest BCUT2D eigenvalue weighted by Crippen LogP contribution is 2.25. The van der Waals surface area contributed by atoms with Crippen LogP contribution >= 0.6 is 28.1 Å². The van der Waals surface area contributed by atoms with Crippen molar-refractivity contribution in [1.29, 1.82) is 0 Å². The Morgan fingerprint density at radius 2 is 2.00 bits per heavy atom. The summed E-state index contributed by atoms with van der Waals surface area (Å²) >= 11 is 8.27. The number of anilines is 2. The maximum atomic E-state index is 13.6. The molecular formula is C14H12BrFN2S. The molecule has 5 heteroatoms. The topological polar surface area (TPSA) is 38.0 Å². The molecule has 0 aromatic heterocycles. The van der Waals surface area contributed by atoms with Crippen LogP contribution in [0.3, 0.4) is 0 Å². The van der Waals surface area contributed by atoms with Crippen LogP contribution in [-0.4, -0.2) is 4.99 Å². The number of halogens is 2. The first-order valence-corrected chi connectivity index (χ1v) is 6.80. The minimum Gasteiger partial charge on any atom is -0.389 e. The summed E-state index contributed by atoms with van der Waals surface area (Å²) in [5, 5.41) is 3.03. The molecule has 0 aliphatic rings. The van der Waals surface area contributed by atoms with Crippen molar-refractivity contribution in [1.82, 2.24) is 0 Å². The second kappa shape index (κ2) is 5.67. The highest BCUT2D eigenvalue weighted by atomic mass is 79.9. The molecule has 98 valence electrons. The molecule has 0 saturated carbocycles. The van der Waals surface area contributed by atoms with Gasteiger partial charge < -0.3 is 11.1 Å². The molecule has 19 heavy (non-hydrogen) atoms. The molecule has 2 aromatic rings. The van der Waals surface area contributed by atoms with Gasteiger partial charge in [0, 0.05) is 15.7 Å². The van der Waals surface area contributed by atoms with Crippen molar-refractivity contribution in [2.45, 2.75) is 6.92 Å². The van der Waals surface area contributed by atoms with Crippen molar-refractivity contribution in [2.24, 2.45) is 5.73 Å². The van der Waals surface area contributed by atoms with Crippen molar-refractivity contribution in [3.8, 4) is 0 Å². The summed E-state index contributed by atoms with van der Waals surface area (Å²) in [5.41, 5.74) is 8.59. The second-order valence-corrected chi connectivity index (χ2v) is 5.50. The molecule has 2 aromatic carbocycles. The van der Waals surface area contributed by atoms with Gasteiger partial charge in [-0.1, -0.05) is 28.1 Å². The van der Waals surface area contributed by atoms with E-state index in [9.17, 15) is 4.39 Å². The number of rotatable bonds is 3. The third kappa shape index (κ3) is 3.30. The Balaban J connectivity index is 2.31. The predicted octanol–water partition coefficient (Wildman–Crippen LogP) is 4.27. The molecule has 0 saturated heterocycles. The van der Waals surface area contributed by atoms with Crippen molar-refractivity contribution >= 4 is 44.5 Å². The van der Waals surface area contributed by atoms with Crippen LogP contribution in [0.5, 0.6) is 0 Å². The lowest BCUT2D eigenvalue weighted by Crippen LogP contribution is -2.11. The van der Waals surface area contributed by atoms with Crippen LogP contribution in [-0.2, 0) is 0 Å². The summed E-state index contributed by atoms with van der Waals surface area (Å²) in [7, 11) is 0. The number of hydrogen-bond acceptors (Lipinski definition) is 2. The van der Waals surface area contributed by atoms with Crippen LogP contribution in [0.1, 0.15) is 11.1 Å². The van der Waals surface area contributed by atoms with E-state index in [2.05, 4.69) is 21.2 Å². The molecule has 3 N–H and O–H groups in total. The van der Waals surface area contributed by atoms with Gasteiger partial charge in [-0.2, -0.15) is 0 Å². The molecule has 0 aliphatic heterocycles. The molecule has 2 rings (SSSR count). The van der Waals surface area contributed by atoms with Gasteiger partial charge in [-0.3, -0.25) is 0 Å². The minimum atomic E-state index is -0.306. The average Bonchev–Trinajstić information content (AvgIpc) is 2.33. The molecule has 0 radical (unpaired) electrons. The molecule has 0 spiro atoms. The van der Waals surface area contributed by atoms with Crippen LogP contribution in [0.2, 0.25) is 0 Å². The van der Waals surface area contributed by atoms with Gasteiger partial charge in [-0.25, -0.2) is 4.39 Å². The summed E-state index contributed by atoms with van der Waals surface area (Å²) in [6.45, 7) is 1.91. The van der Waals surface area contributed by atoms with Crippen LogP contribution in [0.4, 0.5) is 15.8 Å². The van der Waals surface area contributed by atoms with Gasteiger partial charge in [0.25, 0.3) is 0 Å². The van der Waals surface area contributed by atoms with Crippen LogP contribution < -0.4 is 11.1 Å². The van der Waals surface area contributed by atoms with E-state index in [4.69, 9.17) is 18.0 Å². The van der Waals surface area contributed by atoms with Crippen LogP contribution in [0, 0.1) is 12.7 Å². The molecular weight excluding hydrogens is 327 g/mol. The number of nitrogens with two attached hydrogens (primary N) is 1. The van der Waals surface area contributed by atoms with E-state index < -0.39 is 0 Å². The standard InChI is InChI=1S/C14H12BrFN2S/c1-8-6-10(3-4-11(8)14(17)19)18-13-7-9(15)2-5-12(13)16/h2-7,18H,1H3,(H2,17,19). The highest BCUT2D eigenvalue weighted by molar-refractivity contribution is 9.10. The summed E-state index contributed by atoms with van der Waals surface area (Å²) < 4.78 is 14.5. The van der Waals surface area contributed by atoms with Crippen LogP contribution in [0.15, 0.2) is 40.9 Å². The smallest absolute Gasteiger partial charge is 0.146 e.